The summed E-state index contributed by atoms with van der Waals surface area (Å²) >= 11 is 0. The lowest BCUT2D eigenvalue weighted by Gasteiger charge is -2.34. The first kappa shape index (κ1) is 33.0. The first-order valence-corrected chi connectivity index (χ1v) is 16.2. The lowest BCUT2D eigenvalue weighted by molar-refractivity contribution is -0.157. The van der Waals surface area contributed by atoms with Crippen molar-refractivity contribution in [1.29, 1.82) is 0 Å². The average Bonchev–Trinajstić information content (AvgIpc) is 3.59. The number of carbonyl (C=O) groups excluding carboxylic acids is 3. The fourth-order valence-electron chi connectivity index (χ4n) is 7.26. The third-order valence-corrected chi connectivity index (χ3v) is 9.90. The molecule has 0 radical (unpaired) electrons. The van der Waals surface area contributed by atoms with Crippen LogP contribution in [0.5, 0.6) is 11.6 Å². The van der Waals surface area contributed by atoms with Gasteiger partial charge in [-0.3, -0.25) is 9.59 Å². The van der Waals surface area contributed by atoms with E-state index >= 15 is 8.78 Å². The summed E-state index contributed by atoms with van der Waals surface area (Å²) < 4.78 is 49.6. The summed E-state index contributed by atoms with van der Waals surface area (Å²) in [4.78, 5) is 50.3. The molecule has 2 bridgehead atoms. The first-order chi connectivity index (χ1) is 21.4. The molecular formula is C34H45F2N3O6. The van der Waals surface area contributed by atoms with E-state index in [9.17, 15) is 14.4 Å². The highest BCUT2D eigenvalue weighted by molar-refractivity contribution is 5.87. The molecule has 1 aromatic heterocycles. The number of carbonyl (C=O) groups is 3. The van der Waals surface area contributed by atoms with Crippen molar-refractivity contribution < 1.29 is 37.4 Å². The van der Waals surface area contributed by atoms with Crippen LogP contribution >= 0.6 is 0 Å². The minimum atomic E-state index is -3.35. The van der Waals surface area contributed by atoms with Crippen LogP contribution in [0.2, 0.25) is 0 Å². The van der Waals surface area contributed by atoms with Gasteiger partial charge in [0.2, 0.25) is 11.8 Å². The van der Waals surface area contributed by atoms with Gasteiger partial charge in [0.25, 0.3) is 5.92 Å². The third kappa shape index (κ3) is 6.92. The van der Waals surface area contributed by atoms with Crippen LogP contribution in [0.1, 0.15) is 91.2 Å². The quantitative estimate of drug-likeness (QED) is 0.290. The first-order valence-electron chi connectivity index (χ1n) is 16.2. The number of esters is 1. The van der Waals surface area contributed by atoms with Crippen LogP contribution in [-0.2, 0) is 25.0 Å². The Bertz CT molecular complexity index is 1410. The molecule has 0 unspecified atom stereocenters. The normalized spacial score (nSPS) is 29.6. The highest BCUT2D eigenvalue weighted by atomic mass is 19.3. The van der Waals surface area contributed by atoms with E-state index in [0.717, 1.165) is 19.3 Å². The maximum absolute atomic E-state index is 16.0. The number of fused-ring (bicyclic) bond motifs is 5. The highest BCUT2D eigenvalue weighted by Gasteiger charge is 2.49. The Labute approximate surface area is 263 Å². The number of methoxy groups -OCH3 is 1. The Morgan fingerprint density at radius 3 is 2.49 bits per heavy atom. The van der Waals surface area contributed by atoms with Crippen LogP contribution < -0.4 is 9.47 Å². The highest BCUT2D eigenvalue weighted by Crippen LogP contribution is 2.42. The van der Waals surface area contributed by atoms with Crippen molar-refractivity contribution in [3.05, 3.63) is 23.9 Å². The summed E-state index contributed by atoms with van der Waals surface area (Å²) in [5, 5.41) is 0. The van der Waals surface area contributed by atoms with E-state index in [2.05, 4.69) is 9.97 Å². The molecule has 3 aliphatic rings. The maximum Gasteiger partial charge on any atom is 0.306 e. The minimum Gasteiger partial charge on any atom is -0.497 e. The number of hydrogen-bond donors (Lipinski definition) is 0. The van der Waals surface area contributed by atoms with Gasteiger partial charge in [-0.25, -0.2) is 9.97 Å². The van der Waals surface area contributed by atoms with Crippen molar-refractivity contribution in [2.75, 3.05) is 13.7 Å². The summed E-state index contributed by atoms with van der Waals surface area (Å²) in [5.41, 5.74) is -0.554. The molecule has 6 atom stereocenters. The number of halogens is 2. The summed E-state index contributed by atoms with van der Waals surface area (Å²) in [6.07, 6.45) is 3.44. The number of aromatic nitrogens is 2. The Hall–Kier alpha value is -3.37. The molecule has 1 saturated carbocycles. The second kappa shape index (κ2) is 13.2. The third-order valence-electron chi connectivity index (χ3n) is 9.90. The van der Waals surface area contributed by atoms with Crippen molar-refractivity contribution in [2.24, 2.45) is 23.2 Å². The van der Waals surface area contributed by atoms with Crippen LogP contribution in [0, 0.1) is 23.2 Å². The number of benzene rings is 1. The van der Waals surface area contributed by atoms with E-state index < -0.39 is 53.4 Å². The lowest BCUT2D eigenvalue weighted by Crippen LogP contribution is -2.46. The number of alkyl halides is 2. The molecule has 1 aromatic carbocycles. The van der Waals surface area contributed by atoms with Crippen LogP contribution in [0.4, 0.5) is 8.78 Å². The molecule has 2 aliphatic heterocycles. The number of nitrogens with zero attached hydrogens (tertiary/aromatic N) is 3. The van der Waals surface area contributed by atoms with Crippen molar-refractivity contribution >= 4 is 29.2 Å². The van der Waals surface area contributed by atoms with Gasteiger partial charge in [-0.2, -0.15) is 8.78 Å². The average molecular weight is 630 g/mol. The molecule has 9 nitrogen and oxygen atoms in total. The smallest absolute Gasteiger partial charge is 0.306 e. The zero-order valence-electron chi connectivity index (χ0n) is 26.9. The van der Waals surface area contributed by atoms with Gasteiger partial charge in [0, 0.05) is 18.4 Å². The van der Waals surface area contributed by atoms with Gasteiger partial charge in [0.1, 0.15) is 24.2 Å². The van der Waals surface area contributed by atoms with Crippen molar-refractivity contribution in [3.8, 4) is 11.6 Å². The van der Waals surface area contributed by atoms with Crippen molar-refractivity contribution in [2.45, 2.75) is 110 Å². The summed E-state index contributed by atoms with van der Waals surface area (Å²) in [6.45, 7) is 7.51. The van der Waals surface area contributed by atoms with E-state index in [1.165, 1.54) is 12.0 Å². The monoisotopic (exact) mass is 629 g/mol. The lowest BCUT2D eigenvalue weighted by atomic mass is 9.77. The van der Waals surface area contributed by atoms with E-state index in [1.807, 2.05) is 27.7 Å². The van der Waals surface area contributed by atoms with E-state index in [0.29, 0.717) is 36.8 Å². The second-order valence-electron chi connectivity index (χ2n) is 13.9. The minimum absolute atomic E-state index is 0.0179. The molecule has 0 N–H and O–H groups in total. The van der Waals surface area contributed by atoms with Gasteiger partial charge in [0.15, 0.2) is 5.69 Å². The van der Waals surface area contributed by atoms with Gasteiger partial charge < -0.3 is 23.9 Å². The molecule has 3 heterocycles. The summed E-state index contributed by atoms with van der Waals surface area (Å²) in [6, 6.07) is 3.98. The molecule has 1 aliphatic carbocycles. The van der Waals surface area contributed by atoms with Gasteiger partial charge in [-0.15, -0.1) is 0 Å². The number of hydrogen-bond acceptors (Lipinski definition) is 8. The fraction of sp³-hybridized carbons (Fsp3) is 0.676. The molecule has 2 aromatic rings. The van der Waals surface area contributed by atoms with Gasteiger partial charge in [-0.1, -0.05) is 34.1 Å². The number of rotatable bonds is 3. The van der Waals surface area contributed by atoms with Crippen LogP contribution in [0.15, 0.2) is 18.2 Å². The SMILES string of the molecule is CC[C@@H]1[C@@H]2CN(C(=O)[C@H](C(C)(C)C)CC(=O)O[C@@H]3CCC[C@H]3CCCCC(F)(F)c3nc4ccc(OC)cc4nc3O2)[C@@H]1C=O. The molecule has 2 fully saturated rings. The molecule has 246 valence electrons. The van der Waals surface area contributed by atoms with E-state index in [4.69, 9.17) is 14.2 Å². The van der Waals surface area contributed by atoms with E-state index in [1.54, 1.807) is 18.2 Å². The van der Waals surface area contributed by atoms with E-state index in [-0.39, 0.29) is 48.7 Å². The number of aldehydes is 1. The zero-order chi connectivity index (χ0) is 32.5. The molecule has 1 saturated heterocycles. The predicted molar refractivity (Wildman–Crippen MR) is 163 cm³/mol. The largest absolute Gasteiger partial charge is 0.497 e. The van der Waals surface area contributed by atoms with Crippen LogP contribution in [0.25, 0.3) is 11.0 Å². The Morgan fingerprint density at radius 2 is 1.80 bits per heavy atom. The van der Waals surface area contributed by atoms with Crippen LogP contribution in [-0.4, -0.2) is 64.9 Å². The summed E-state index contributed by atoms with van der Waals surface area (Å²) in [5.74, 6) is -5.11. The zero-order valence-corrected chi connectivity index (χ0v) is 26.9. The van der Waals surface area contributed by atoms with Crippen molar-refractivity contribution in [1.82, 2.24) is 14.9 Å². The number of ether oxygens (including phenoxy) is 3. The van der Waals surface area contributed by atoms with Gasteiger partial charge in [0.05, 0.1) is 43.1 Å². The summed E-state index contributed by atoms with van der Waals surface area (Å²) in [7, 11) is 1.50. The van der Waals surface area contributed by atoms with Crippen molar-refractivity contribution in [3.63, 3.8) is 0 Å². The van der Waals surface area contributed by atoms with Gasteiger partial charge in [-0.05, 0) is 62.0 Å². The van der Waals surface area contributed by atoms with Crippen LogP contribution in [0.3, 0.4) is 0 Å². The fourth-order valence-corrected chi connectivity index (χ4v) is 7.26. The molecule has 1 amide bonds. The Kier molecular flexibility index (Phi) is 9.65. The standard InChI is InChI=1S/C34H45F2N3O6/c1-6-22-26(19-40)39-18-28(22)45-31-30(37-24-14-13-21(43-5)16-25(24)38-31)34(35,36)15-8-7-10-20-11-9-12-27(20)44-29(41)17-23(32(39)42)33(2,3)4/h13-14,16,19-20,22-23,26-28H,6-12,15,17-18H2,1-5H3/t20-,22+,23-,26-,27-,28+/m1/s1. The predicted octanol–water partition coefficient (Wildman–Crippen LogP) is 6.25. The molecule has 0 spiro atoms. The molecule has 5 rings (SSSR count). The molecule has 45 heavy (non-hydrogen) atoms. The topological polar surface area (TPSA) is 108 Å². The molecular weight excluding hydrogens is 584 g/mol. The Morgan fingerprint density at radius 1 is 1.04 bits per heavy atom. The Balaban J connectivity index is 1.58. The van der Waals surface area contributed by atoms with Gasteiger partial charge >= 0.3 is 5.97 Å². The molecule has 11 heteroatoms. The second-order valence-corrected chi connectivity index (χ2v) is 13.9. The number of amides is 1. The maximum atomic E-state index is 16.0.